The van der Waals surface area contributed by atoms with Gasteiger partial charge in [0.1, 0.15) is 22.5 Å². The quantitative estimate of drug-likeness (QED) is 0.648. The molecule has 0 aliphatic carbocycles. The fraction of sp³-hybridized carbons (Fsp3) is 0.0769. The van der Waals surface area contributed by atoms with Gasteiger partial charge in [-0.15, -0.1) is 15.0 Å². The van der Waals surface area contributed by atoms with E-state index in [9.17, 15) is 5.11 Å². The van der Waals surface area contributed by atoms with Gasteiger partial charge in [0.25, 0.3) is 0 Å². The lowest BCUT2D eigenvalue weighted by molar-refractivity contribution is 0.431. The molecule has 17 heavy (non-hydrogen) atoms. The Morgan fingerprint density at radius 2 is 1.88 bits per heavy atom. The Morgan fingerprint density at radius 1 is 1.29 bits per heavy atom. The number of benzene rings is 1. The maximum absolute atomic E-state index is 9.52. The fourth-order valence-electron chi connectivity index (χ4n) is 1.43. The molecule has 0 radical (unpaired) electrons. The van der Waals surface area contributed by atoms with Crippen molar-refractivity contribution in [2.45, 2.75) is 6.92 Å². The predicted octanol–water partition coefficient (Wildman–Crippen LogP) is 2.92. The molecule has 0 aliphatic rings. The van der Waals surface area contributed by atoms with Crippen LogP contribution in [-0.2, 0) is 0 Å². The Balaban J connectivity index is 2.53. The zero-order valence-corrected chi connectivity index (χ0v) is 9.54. The maximum Gasteiger partial charge on any atom is 0.135 e. The third kappa shape index (κ3) is 2.25. The molecule has 86 valence electrons. The van der Waals surface area contributed by atoms with E-state index in [1.807, 2.05) is 37.3 Å². The van der Waals surface area contributed by atoms with Crippen LogP contribution in [0.25, 0.3) is 16.7 Å². The van der Waals surface area contributed by atoms with Gasteiger partial charge in [0.15, 0.2) is 0 Å². The average Bonchev–Trinajstić information content (AvgIpc) is 2.72. The molecule has 0 fully saturated rings. The van der Waals surface area contributed by atoms with E-state index in [2.05, 4.69) is 16.8 Å². The first-order chi connectivity index (χ1) is 8.22. The van der Waals surface area contributed by atoms with Gasteiger partial charge in [0, 0.05) is 0 Å². The summed E-state index contributed by atoms with van der Waals surface area (Å²) in [7, 11) is 0. The van der Waals surface area contributed by atoms with E-state index in [1.54, 1.807) is 12.2 Å². The van der Waals surface area contributed by atoms with Crippen molar-refractivity contribution in [1.82, 2.24) is 15.0 Å². The van der Waals surface area contributed by atoms with E-state index >= 15 is 0 Å². The van der Waals surface area contributed by atoms with Crippen LogP contribution in [0.3, 0.4) is 0 Å². The molecule has 1 N–H and O–H groups in total. The van der Waals surface area contributed by atoms with Gasteiger partial charge in [-0.25, -0.2) is 0 Å². The number of rotatable bonds is 3. The molecule has 0 saturated carbocycles. The summed E-state index contributed by atoms with van der Waals surface area (Å²) in [6, 6.07) is 7.52. The highest BCUT2D eigenvalue weighted by molar-refractivity contribution is 5.75. The smallest absolute Gasteiger partial charge is 0.135 e. The van der Waals surface area contributed by atoms with E-state index in [0.29, 0.717) is 5.70 Å². The van der Waals surface area contributed by atoms with Crippen LogP contribution in [-0.4, -0.2) is 20.1 Å². The number of hydrogen-bond donors (Lipinski definition) is 1. The SMILES string of the molecule is C=C(O)/C(=C\C=C/C)n1nc2ccccc2n1. The van der Waals surface area contributed by atoms with Gasteiger partial charge in [-0.1, -0.05) is 30.9 Å². The van der Waals surface area contributed by atoms with E-state index in [-0.39, 0.29) is 5.76 Å². The van der Waals surface area contributed by atoms with Crippen LogP contribution in [0.1, 0.15) is 6.92 Å². The Morgan fingerprint density at radius 3 is 2.35 bits per heavy atom. The van der Waals surface area contributed by atoms with Gasteiger partial charge in [0.05, 0.1) is 0 Å². The lowest BCUT2D eigenvalue weighted by Gasteiger charge is -2.01. The van der Waals surface area contributed by atoms with E-state index in [0.717, 1.165) is 11.0 Å². The molecule has 0 aliphatic heterocycles. The van der Waals surface area contributed by atoms with Gasteiger partial charge in [0.2, 0.25) is 0 Å². The molecule has 1 aromatic heterocycles. The van der Waals surface area contributed by atoms with Crippen LogP contribution in [0.15, 0.2) is 54.8 Å². The molecule has 0 amide bonds. The summed E-state index contributed by atoms with van der Waals surface area (Å²) in [5, 5.41) is 18.1. The minimum Gasteiger partial charge on any atom is -0.506 e. The molecule has 0 unspecified atom stereocenters. The molecule has 0 saturated heterocycles. The lowest BCUT2D eigenvalue weighted by Crippen LogP contribution is -2.03. The van der Waals surface area contributed by atoms with Crippen molar-refractivity contribution in [3.05, 3.63) is 54.8 Å². The normalized spacial score (nSPS) is 12.4. The summed E-state index contributed by atoms with van der Waals surface area (Å²) in [6.07, 6.45) is 5.36. The Labute approximate surface area is 99.2 Å². The summed E-state index contributed by atoms with van der Waals surface area (Å²) in [5.74, 6) is -0.0663. The third-order valence-corrected chi connectivity index (χ3v) is 2.24. The topological polar surface area (TPSA) is 50.9 Å². The van der Waals surface area contributed by atoms with E-state index in [4.69, 9.17) is 0 Å². The average molecular weight is 227 g/mol. The number of fused-ring (bicyclic) bond motifs is 1. The lowest BCUT2D eigenvalue weighted by atomic mass is 10.3. The molecular formula is C13H13N3O. The second-order valence-electron chi connectivity index (χ2n) is 3.50. The van der Waals surface area contributed by atoms with Crippen LogP contribution in [0.2, 0.25) is 0 Å². The zero-order valence-electron chi connectivity index (χ0n) is 9.54. The molecule has 2 rings (SSSR count). The number of aliphatic hydroxyl groups excluding tert-OH is 1. The van der Waals surface area contributed by atoms with Crippen LogP contribution in [0, 0.1) is 0 Å². The number of aromatic nitrogens is 3. The molecule has 4 nitrogen and oxygen atoms in total. The summed E-state index contributed by atoms with van der Waals surface area (Å²) < 4.78 is 0. The first-order valence-electron chi connectivity index (χ1n) is 5.26. The number of allylic oxidation sites excluding steroid dienone is 4. The minimum atomic E-state index is -0.0663. The molecule has 2 aromatic rings. The van der Waals surface area contributed by atoms with Gasteiger partial charge < -0.3 is 5.11 Å². The van der Waals surface area contributed by atoms with Crippen LogP contribution in [0.4, 0.5) is 0 Å². The number of nitrogens with zero attached hydrogens (tertiary/aromatic N) is 3. The molecule has 0 spiro atoms. The fourth-order valence-corrected chi connectivity index (χ4v) is 1.43. The highest BCUT2D eigenvalue weighted by Crippen LogP contribution is 2.14. The van der Waals surface area contributed by atoms with Gasteiger partial charge >= 0.3 is 0 Å². The first kappa shape index (κ1) is 11.1. The predicted molar refractivity (Wildman–Crippen MR) is 68.4 cm³/mol. The molecule has 0 atom stereocenters. The van der Waals surface area contributed by atoms with Crippen molar-refractivity contribution in [2.24, 2.45) is 0 Å². The molecule has 1 heterocycles. The Kier molecular flexibility index (Phi) is 3.05. The van der Waals surface area contributed by atoms with Gasteiger partial charge in [-0.05, 0) is 25.1 Å². The largest absolute Gasteiger partial charge is 0.506 e. The van der Waals surface area contributed by atoms with E-state index in [1.165, 1.54) is 4.80 Å². The van der Waals surface area contributed by atoms with Crippen molar-refractivity contribution in [2.75, 3.05) is 0 Å². The van der Waals surface area contributed by atoms with Crippen molar-refractivity contribution < 1.29 is 5.11 Å². The van der Waals surface area contributed by atoms with Crippen molar-refractivity contribution >= 4 is 16.7 Å². The molecular weight excluding hydrogens is 214 g/mol. The standard InChI is InChI=1S/C13H13N3O/c1-3-4-9-13(10(2)17)16-14-11-7-5-6-8-12(11)15-16/h3-9,17H,2H2,1H3/b4-3-,13-9+. The van der Waals surface area contributed by atoms with Crippen LogP contribution in [0.5, 0.6) is 0 Å². The monoisotopic (exact) mass is 227 g/mol. The van der Waals surface area contributed by atoms with Gasteiger partial charge in [-0.2, -0.15) is 0 Å². The van der Waals surface area contributed by atoms with Crippen LogP contribution >= 0.6 is 0 Å². The zero-order chi connectivity index (χ0) is 12.3. The first-order valence-corrected chi connectivity index (χ1v) is 5.26. The third-order valence-electron chi connectivity index (χ3n) is 2.24. The summed E-state index contributed by atoms with van der Waals surface area (Å²) >= 11 is 0. The summed E-state index contributed by atoms with van der Waals surface area (Å²) in [5.41, 5.74) is 2.01. The molecule has 4 heteroatoms. The summed E-state index contributed by atoms with van der Waals surface area (Å²) in [4.78, 5) is 1.38. The van der Waals surface area contributed by atoms with Gasteiger partial charge in [-0.3, -0.25) is 0 Å². The summed E-state index contributed by atoms with van der Waals surface area (Å²) in [6.45, 7) is 5.40. The second kappa shape index (κ2) is 4.65. The van der Waals surface area contributed by atoms with Crippen molar-refractivity contribution in [1.29, 1.82) is 0 Å². The minimum absolute atomic E-state index is 0.0663. The Bertz CT molecular complexity index is 575. The van der Waals surface area contributed by atoms with Crippen molar-refractivity contribution in [3.8, 4) is 0 Å². The van der Waals surface area contributed by atoms with Crippen LogP contribution < -0.4 is 0 Å². The highest BCUT2D eigenvalue weighted by atomic mass is 16.3. The molecule has 0 bridgehead atoms. The Hall–Kier alpha value is -2.36. The number of hydrogen-bond acceptors (Lipinski definition) is 3. The molecule has 1 aromatic carbocycles. The highest BCUT2D eigenvalue weighted by Gasteiger charge is 2.08. The second-order valence-corrected chi connectivity index (χ2v) is 3.50. The number of aliphatic hydroxyl groups is 1. The van der Waals surface area contributed by atoms with Crippen molar-refractivity contribution in [3.63, 3.8) is 0 Å². The van der Waals surface area contributed by atoms with E-state index < -0.39 is 0 Å². The maximum atomic E-state index is 9.52.